The molecular weight excluding hydrogens is 143 g/mol. The van der Waals surface area contributed by atoms with E-state index < -0.39 is 0 Å². The van der Waals surface area contributed by atoms with Crippen molar-refractivity contribution in [3.05, 3.63) is 0 Å². The zero-order chi connectivity index (χ0) is 8.43. The summed E-state index contributed by atoms with van der Waals surface area (Å²) in [6.07, 6.45) is 0. The number of likely N-dealkylation sites (N-methyl/N-ethyl adjacent to an activating group) is 1. The Bertz CT molecular complexity index is 129. The van der Waals surface area contributed by atoms with Crippen LogP contribution in [0.3, 0.4) is 0 Å². The maximum absolute atomic E-state index is 12.4. The number of hydrogen-bond donors (Lipinski definition) is 1. The summed E-state index contributed by atoms with van der Waals surface area (Å²) in [6.45, 7) is 4.89. The van der Waals surface area contributed by atoms with Gasteiger partial charge >= 0.3 is 0 Å². The van der Waals surface area contributed by atoms with Gasteiger partial charge in [-0.3, -0.25) is 0 Å². The van der Waals surface area contributed by atoms with Crippen LogP contribution in [-0.4, -0.2) is 43.3 Å². The maximum Gasteiger partial charge on any atom is 0.106 e. The van der Waals surface area contributed by atoms with E-state index in [2.05, 4.69) is 24.1 Å². The molecule has 3 unspecified atom stereocenters. The molecule has 1 saturated heterocycles. The molecule has 0 spiro atoms. The van der Waals surface area contributed by atoms with E-state index >= 15 is 0 Å². The molecule has 0 aromatic heterocycles. The highest BCUT2D eigenvalue weighted by Gasteiger charge is 2.28. The molecule has 0 aromatic rings. The molecule has 1 fully saturated rings. The van der Waals surface area contributed by atoms with Crippen LogP contribution in [0.4, 0.5) is 4.39 Å². The Hall–Kier alpha value is -0.150. The number of hydrogen-bond acceptors (Lipinski definition) is 2. The minimum Gasteiger partial charge on any atom is -0.306 e. The van der Waals surface area contributed by atoms with Crippen molar-refractivity contribution in [3.63, 3.8) is 0 Å². The molecule has 1 aliphatic rings. The van der Waals surface area contributed by atoms with Gasteiger partial charge in [0.2, 0.25) is 0 Å². The van der Waals surface area contributed by atoms with Gasteiger partial charge < -0.3 is 10.2 Å². The number of alkyl halides is 1. The summed E-state index contributed by atoms with van der Waals surface area (Å²) in [5.74, 6) is 0. The van der Waals surface area contributed by atoms with E-state index in [9.17, 15) is 4.39 Å². The first kappa shape index (κ1) is 8.94. The van der Waals surface area contributed by atoms with E-state index in [4.69, 9.17) is 0 Å². The summed E-state index contributed by atoms with van der Waals surface area (Å²) in [5.41, 5.74) is 0. The molecule has 0 bridgehead atoms. The molecule has 1 heterocycles. The van der Waals surface area contributed by atoms with Crippen molar-refractivity contribution >= 4 is 0 Å². The predicted octanol–water partition coefficient (Wildman–Crippen LogP) is 0.636. The Morgan fingerprint density at radius 1 is 1.55 bits per heavy atom. The average Bonchev–Trinajstić information content (AvgIpc) is 1.96. The Labute approximate surface area is 67.8 Å². The lowest BCUT2D eigenvalue weighted by atomic mass is 10.0. The van der Waals surface area contributed by atoms with E-state index in [0.717, 1.165) is 6.54 Å². The second kappa shape index (κ2) is 3.50. The van der Waals surface area contributed by atoms with Crippen molar-refractivity contribution in [2.45, 2.75) is 32.0 Å². The highest BCUT2D eigenvalue weighted by atomic mass is 19.1. The predicted molar refractivity (Wildman–Crippen MR) is 44.5 cm³/mol. The quantitative estimate of drug-likeness (QED) is 0.605. The van der Waals surface area contributed by atoms with Crippen molar-refractivity contribution in [3.8, 4) is 0 Å². The van der Waals surface area contributed by atoms with Gasteiger partial charge in [-0.2, -0.15) is 0 Å². The zero-order valence-electron chi connectivity index (χ0n) is 7.47. The lowest BCUT2D eigenvalue weighted by molar-refractivity contribution is 0.118. The van der Waals surface area contributed by atoms with E-state index in [-0.39, 0.29) is 12.7 Å². The molecule has 0 amide bonds. The van der Waals surface area contributed by atoms with Gasteiger partial charge in [-0.15, -0.1) is 0 Å². The van der Waals surface area contributed by atoms with Gasteiger partial charge in [-0.25, -0.2) is 4.39 Å². The van der Waals surface area contributed by atoms with Gasteiger partial charge in [0.25, 0.3) is 0 Å². The molecule has 11 heavy (non-hydrogen) atoms. The van der Waals surface area contributed by atoms with E-state index in [0.29, 0.717) is 12.1 Å². The monoisotopic (exact) mass is 160 g/mol. The summed E-state index contributed by atoms with van der Waals surface area (Å²) in [6, 6.07) is 0.747. The first-order valence-corrected chi connectivity index (χ1v) is 4.17. The Balaban J connectivity index is 2.51. The Morgan fingerprint density at radius 2 is 2.18 bits per heavy atom. The molecule has 1 N–H and O–H groups in total. The summed E-state index contributed by atoms with van der Waals surface area (Å²) >= 11 is 0. The third-order valence-electron chi connectivity index (χ3n) is 2.50. The number of nitrogens with zero attached hydrogens (tertiary/aromatic N) is 1. The summed E-state index contributed by atoms with van der Waals surface area (Å²) in [7, 11) is 2.05. The first-order chi connectivity index (χ1) is 5.15. The Morgan fingerprint density at radius 3 is 2.73 bits per heavy atom. The molecule has 2 nitrogen and oxygen atoms in total. The van der Waals surface area contributed by atoms with Crippen molar-refractivity contribution in [1.29, 1.82) is 0 Å². The fourth-order valence-electron chi connectivity index (χ4n) is 1.64. The SMILES string of the molecule is CC1CN(C)C(C)C(CF)N1. The van der Waals surface area contributed by atoms with Crippen LogP contribution < -0.4 is 5.32 Å². The van der Waals surface area contributed by atoms with Crippen LogP contribution in [0.25, 0.3) is 0 Å². The van der Waals surface area contributed by atoms with E-state index in [1.165, 1.54) is 0 Å². The van der Waals surface area contributed by atoms with Gasteiger partial charge in [-0.05, 0) is 20.9 Å². The first-order valence-electron chi connectivity index (χ1n) is 4.17. The second-order valence-corrected chi connectivity index (χ2v) is 3.51. The van der Waals surface area contributed by atoms with E-state index in [1.807, 2.05) is 7.05 Å². The lowest BCUT2D eigenvalue weighted by Gasteiger charge is -2.40. The topological polar surface area (TPSA) is 15.3 Å². The van der Waals surface area contributed by atoms with Crippen LogP contribution in [0, 0.1) is 0 Å². The van der Waals surface area contributed by atoms with Crippen LogP contribution in [-0.2, 0) is 0 Å². The lowest BCUT2D eigenvalue weighted by Crippen LogP contribution is -2.59. The van der Waals surface area contributed by atoms with E-state index in [1.54, 1.807) is 0 Å². The normalized spacial score (nSPS) is 40.9. The highest BCUT2D eigenvalue weighted by molar-refractivity contribution is 4.88. The number of piperazine rings is 1. The summed E-state index contributed by atoms with van der Waals surface area (Å²) < 4.78 is 12.4. The fraction of sp³-hybridized carbons (Fsp3) is 1.00. The minimum atomic E-state index is -0.268. The fourth-order valence-corrected chi connectivity index (χ4v) is 1.64. The Kier molecular flexibility index (Phi) is 2.84. The molecule has 0 saturated carbocycles. The third kappa shape index (κ3) is 1.91. The van der Waals surface area contributed by atoms with Gasteiger partial charge in [0, 0.05) is 18.6 Å². The van der Waals surface area contributed by atoms with Crippen molar-refractivity contribution in [1.82, 2.24) is 10.2 Å². The van der Waals surface area contributed by atoms with Crippen LogP contribution in [0.5, 0.6) is 0 Å². The maximum atomic E-state index is 12.4. The minimum absolute atomic E-state index is 0.0174. The molecule has 66 valence electrons. The van der Waals surface area contributed by atoms with Crippen LogP contribution in [0.1, 0.15) is 13.8 Å². The average molecular weight is 160 g/mol. The van der Waals surface area contributed by atoms with Crippen molar-refractivity contribution < 1.29 is 4.39 Å². The molecule has 0 radical (unpaired) electrons. The standard InChI is InChI=1S/C8H17FN2/c1-6-5-11(3)7(2)8(4-9)10-6/h6-8,10H,4-5H2,1-3H3. The molecule has 1 aliphatic heterocycles. The highest BCUT2D eigenvalue weighted by Crippen LogP contribution is 2.10. The second-order valence-electron chi connectivity index (χ2n) is 3.51. The van der Waals surface area contributed by atoms with Crippen molar-refractivity contribution in [2.75, 3.05) is 20.3 Å². The largest absolute Gasteiger partial charge is 0.306 e. The smallest absolute Gasteiger partial charge is 0.106 e. The molecule has 0 aromatic carbocycles. The van der Waals surface area contributed by atoms with Gasteiger partial charge in [0.1, 0.15) is 6.67 Å². The molecule has 3 heteroatoms. The third-order valence-corrected chi connectivity index (χ3v) is 2.50. The van der Waals surface area contributed by atoms with Crippen LogP contribution in [0.2, 0.25) is 0 Å². The van der Waals surface area contributed by atoms with Gasteiger partial charge in [0.15, 0.2) is 0 Å². The summed E-state index contributed by atoms with van der Waals surface area (Å²) in [5, 5.41) is 3.23. The number of nitrogens with one attached hydrogen (secondary N) is 1. The molecule has 0 aliphatic carbocycles. The van der Waals surface area contributed by atoms with Crippen LogP contribution >= 0.6 is 0 Å². The van der Waals surface area contributed by atoms with Crippen LogP contribution in [0.15, 0.2) is 0 Å². The van der Waals surface area contributed by atoms with Crippen molar-refractivity contribution in [2.24, 2.45) is 0 Å². The zero-order valence-corrected chi connectivity index (χ0v) is 7.47. The number of rotatable bonds is 1. The molecule has 3 atom stereocenters. The molecular formula is C8H17FN2. The molecule has 1 rings (SSSR count). The van der Waals surface area contributed by atoms with Gasteiger partial charge in [-0.1, -0.05) is 0 Å². The number of halogens is 1. The van der Waals surface area contributed by atoms with Gasteiger partial charge in [0.05, 0.1) is 6.04 Å². The summed E-state index contributed by atoms with van der Waals surface area (Å²) in [4.78, 5) is 2.20.